The number of rotatable bonds is 5. The fraction of sp³-hybridized carbons (Fsp3) is 0.0870. The second kappa shape index (κ2) is 7.88. The predicted octanol–water partition coefficient (Wildman–Crippen LogP) is 5.04. The Morgan fingerprint density at radius 1 is 1.00 bits per heavy atom. The van der Waals surface area contributed by atoms with Gasteiger partial charge >= 0.3 is 0 Å². The van der Waals surface area contributed by atoms with Crippen LogP contribution in [0.25, 0.3) is 10.9 Å². The molecule has 1 amide bonds. The zero-order chi connectivity index (χ0) is 19.3. The second-order valence-electron chi connectivity index (χ2n) is 6.35. The number of anilines is 3. The lowest BCUT2D eigenvalue weighted by Gasteiger charge is -2.21. The minimum atomic E-state index is -0.0825. The highest BCUT2D eigenvalue weighted by Crippen LogP contribution is 2.25. The van der Waals surface area contributed by atoms with Crippen molar-refractivity contribution in [2.24, 2.45) is 0 Å². The SMILES string of the molecule is CCN(C(=O)c1cncc(Nc2cccc3cccnc23)c1)c1ccccc1. The summed E-state index contributed by atoms with van der Waals surface area (Å²) in [6.07, 6.45) is 5.07. The van der Waals surface area contributed by atoms with E-state index in [1.165, 1.54) is 0 Å². The molecule has 0 saturated carbocycles. The molecule has 0 saturated heterocycles. The number of benzene rings is 2. The molecule has 0 fully saturated rings. The van der Waals surface area contributed by atoms with Gasteiger partial charge in [0.25, 0.3) is 5.91 Å². The van der Waals surface area contributed by atoms with Crippen LogP contribution in [-0.4, -0.2) is 22.4 Å². The van der Waals surface area contributed by atoms with Crippen LogP contribution in [0.5, 0.6) is 0 Å². The third-order valence-corrected chi connectivity index (χ3v) is 4.53. The van der Waals surface area contributed by atoms with Gasteiger partial charge in [-0.2, -0.15) is 0 Å². The van der Waals surface area contributed by atoms with E-state index < -0.39 is 0 Å². The molecule has 5 heteroatoms. The Morgan fingerprint density at radius 2 is 1.82 bits per heavy atom. The average molecular weight is 368 g/mol. The molecule has 0 unspecified atom stereocenters. The summed E-state index contributed by atoms with van der Waals surface area (Å²) < 4.78 is 0. The molecule has 5 nitrogen and oxygen atoms in total. The molecule has 0 spiro atoms. The van der Waals surface area contributed by atoms with Crippen LogP contribution in [0.2, 0.25) is 0 Å². The molecule has 28 heavy (non-hydrogen) atoms. The van der Waals surface area contributed by atoms with Gasteiger partial charge in [-0.25, -0.2) is 0 Å². The van der Waals surface area contributed by atoms with Gasteiger partial charge in [-0.05, 0) is 37.3 Å². The standard InChI is InChI=1S/C23H20N4O/c1-2-27(20-10-4-3-5-11-20)23(28)18-14-19(16-24-15-18)26-21-12-6-8-17-9-7-13-25-22(17)21/h3-16,26H,2H2,1H3. The van der Waals surface area contributed by atoms with E-state index in [9.17, 15) is 4.79 Å². The highest BCUT2D eigenvalue weighted by molar-refractivity contribution is 6.06. The molecular weight excluding hydrogens is 348 g/mol. The molecule has 0 aliphatic carbocycles. The molecule has 2 heterocycles. The molecule has 4 aromatic rings. The van der Waals surface area contributed by atoms with Crippen molar-refractivity contribution in [2.75, 3.05) is 16.8 Å². The van der Waals surface area contributed by atoms with E-state index >= 15 is 0 Å². The van der Waals surface area contributed by atoms with Crippen molar-refractivity contribution in [3.63, 3.8) is 0 Å². The van der Waals surface area contributed by atoms with E-state index in [-0.39, 0.29) is 5.91 Å². The van der Waals surface area contributed by atoms with Gasteiger partial charge in [0.2, 0.25) is 0 Å². The first-order valence-corrected chi connectivity index (χ1v) is 9.19. The van der Waals surface area contributed by atoms with E-state index in [1.807, 2.05) is 73.7 Å². The number of fused-ring (bicyclic) bond motifs is 1. The van der Waals surface area contributed by atoms with Crippen LogP contribution in [0.1, 0.15) is 17.3 Å². The number of pyridine rings is 2. The third kappa shape index (κ3) is 3.55. The number of carbonyl (C=O) groups is 1. The fourth-order valence-electron chi connectivity index (χ4n) is 3.19. The number of aromatic nitrogens is 2. The number of amides is 1. The summed E-state index contributed by atoms with van der Waals surface area (Å²) >= 11 is 0. The number of nitrogens with one attached hydrogen (secondary N) is 1. The molecule has 0 aliphatic heterocycles. The van der Waals surface area contributed by atoms with E-state index in [2.05, 4.69) is 15.3 Å². The largest absolute Gasteiger partial charge is 0.352 e. The monoisotopic (exact) mass is 368 g/mol. The van der Waals surface area contributed by atoms with Crippen LogP contribution < -0.4 is 10.2 Å². The lowest BCUT2D eigenvalue weighted by Crippen LogP contribution is -2.30. The first-order valence-electron chi connectivity index (χ1n) is 9.19. The summed E-state index contributed by atoms with van der Waals surface area (Å²) in [4.78, 5) is 23.5. The number of nitrogens with zero attached hydrogens (tertiary/aromatic N) is 3. The van der Waals surface area contributed by atoms with Crippen LogP contribution in [-0.2, 0) is 0 Å². The second-order valence-corrected chi connectivity index (χ2v) is 6.35. The maximum atomic E-state index is 13.0. The van der Waals surface area contributed by atoms with Gasteiger partial charge < -0.3 is 10.2 Å². The molecule has 2 aromatic carbocycles. The maximum Gasteiger partial charge on any atom is 0.259 e. The van der Waals surface area contributed by atoms with Gasteiger partial charge in [0.05, 0.1) is 28.7 Å². The zero-order valence-corrected chi connectivity index (χ0v) is 15.5. The first kappa shape index (κ1) is 17.7. The van der Waals surface area contributed by atoms with E-state index in [0.717, 1.165) is 28.0 Å². The van der Waals surface area contributed by atoms with Crippen LogP contribution in [0, 0.1) is 0 Å². The lowest BCUT2D eigenvalue weighted by atomic mass is 10.1. The van der Waals surface area contributed by atoms with Crippen molar-refractivity contribution in [3.8, 4) is 0 Å². The summed E-state index contributed by atoms with van der Waals surface area (Å²) in [6.45, 7) is 2.54. The normalized spacial score (nSPS) is 10.6. The third-order valence-electron chi connectivity index (χ3n) is 4.53. The van der Waals surface area contributed by atoms with Crippen molar-refractivity contribution in [1.29, 1.82) is 0 Å². The molecule has 0 aliphatic rings. The van der Waals surface area contributed by atoms with Crippen LogP contribution in [0.15, 0.2) is 85.3 Å². The lowest BCUT2D eigenvalue weighted by molar-refractivity contribution is 0.0988. The Labute approximate surface area is 163 Å². The number of hydrogen-bond donors (Lipinski definition) is 1. The summed E-state index contributed by atoms with van der Waals surface area (Å²) in [7, 11) is 0. The highest BCUT2D eigenvalue weighted by Gasteiger charge is 2.17. The van der Waals surface area contributed by atoms with Crippen molar-refractivity contribution >= 4 is 33.9 Å². The summed E-state index contributed by atoms with van der Waals surface area (Å²) in [6, 6.07) is 21.4. The molecule has 1 N–H and O–H groups in total. The van der Waals surface area contributed by atoms with Gasteiger partial charge in [0.15, 0.2) is 0 Å². The molecule has 0 atom stereocenters. The zero-order valence-electron chi connectivity index (χ0n) is 15.5. The fourth-order valence-corrected chi connectivity index (χ4v) is 3.19. The molecule has 0 bridgehead atoms. The Bertz CT molecular complexity index is 1110. The highest BCUT2D eigenvalue weighted by atomic mass is 16.2. The van der Waals surface area contributed by atoms with Crippen molar-refractivity contribution in [1.82, 2.24) is 9.97 Å². The Balaban J connectivity index is 1.63. The van der Waals surface area contributed by atoms with Gasteiger partial charge in [0, 0.05) is 30.0 Å². The Hall–Kier alpha value is -3.73. The molecule has 0 radical (unpaired) electrons. The van der Waals surface area contributed by atoms with Crippen LogP contribution in [0.3, 0.4) is 0 Å². The van der Waals surface area contributed by atoms with E-state index in [4.69, 9.17) is 0 Å². The summed E-state index contributed by atoms with van der Waals surface area (Å²) in [5.41, 5.74) is 3.89. The smallest absolute Gasteiger partial charge is 0.259 e. The van der Waals surface area contributed by atoms with Gasteiger partial charge in [-0.1, -0.05) is 36.4 Å². The molecule has 4 rings (SSSR count). The number of hydrogen-bond acceptors (Lipinski definition) is 4. The van der Waals surface area contributed by atoms with Crippen molar-refractivity contribution < 1.29 is 4.79 Å². The predicted molar refractivity (Wildman–Crippen MR) is 113 cm³/mol. The van der Waals surface area contributed by atoms with Crippen LogP contribution in [0.4, 0.5) is 17.1 Å². The average Bonchev–Trinajstić information content (AvgIpc) is 2.75. The summed E-state index contributed by atoms with van der Waals surface area (Å²) in [5.74, 6) is -0.0825. The van der Waals surface area contributed by atoms with Crippen LogP contribution >= 0.6 is 0 Å². The first-order chi connectivity index (χ1) is 13.8. The Morgan fingerprint density at radius 3 is 2.64 bits per heavy atom. The molecule has 138 valence electrons. The minimum absolute atomic E-state index is 0.0825. The topological polar surface area (TPSA) is 58.1 Å². The van der Waals surface area contributed by atoms with Gasteiger partial charge in [0.1, 0.15) is 0 Å². The van der Waals surface area contributed by atoms with Gasteiger partial charge in [-0.3, -0.25) is 14.8 Å². The van der Waals surface area contributed by atoms with Crippen molar-refractivity contribution in [2.45, 2.75) is 6.92 Å². The van der Waals surface area contributed by atoms with Gasteiger partial charge in [-0.15, -0.1) is 0 Å². The molecular formula is C23H20N4O. The molecule has 2 aromatic heterocycles. The Kier molecular flexibility index (Phi) is 4.97. The minimum Gasteiger partial charge on any atom is -0.352 e. The maximum absolute atomic E-state index is 13.0. The number of carbonyl (C=O) groups excluding carboxylic acids is 1. The summed E-state index contributed by atoms with van der Waals surface area (Å²) in [5, 5.41) is 4.39. The van der Waals surface area contributed by atoms with E-state index in [1.54, 1.807) is 23.5 Å². The quantitative estimate of drug-likeness (QED) is 0.536. The number of para-hydroxylation sites is 2. The van der Waals surface area contributed by atoms with Crippen molar-refractivity contribution in [3.05, 3.63) is 90.9 Å². The van der Waals surface area contributed by atoms with E-state index in [0.29, 0.717) is 12.1 Å².